The molecule has 0 saturated carbocycles. The third kappa shape index (κ3) is 3.34. The molecule has 0 N–H and O–H groups in total. The molecule has 0 bridgehead atoms. The van der Waals surface area contributed by atoms with Crippen LogP contribution in [0.4, 0.5) is 0 Å². The highest BCUT2D eigenvalue weighted by atomic mass is 35.6. The Balaban J connectivity index is 2.97. The molecule has 0 aliphatic rings. The monoisotopic (exact) mass is 317 g/mol. The van der Waals surface area contributed by atoms with Crippen LogP contribution in [0.3, 0.4) is 0 Å². The molecule has 16 heavy (non-hydrogen) atoms. The number of benzene rings is 1. The second kappa shape index (κ2) is 5.54. The number of alkyl halides is 5. The van der Waals surface area contributed by atoms with Gasteiger partial charge in [-0.25, -0.2) is 0 Å². The van der Waals surface area contributed by atoms with Crippen molar-refractivity contribution in [3.05, 3.63) is 42.3 Å². The van der Waals surface area contributed by atoms with Gasteiger partial charge in [0.05, 0.1) is 0 Å². The van der Waals surface area contributed by atoms with E-state index in [-0.39, 0.29) is 0 Å². The zero-order valence-corrected chi connectivity index (χ0v) is 12.1. The molecule has 0 unspecified atom stereocenters. The first-order chi connectivity index (χ1) is 7.29. The normalized spacial score (nSPS) is 12.9. The van der Waals surface area contributed by atoms with Crippen LogP contribution in [0, 0.1) is 6.92 Å². The van der Waals surface area contributed by atoms with Crippen LogP contribution in [0.15, 0.2) is 24.3 Å². The van der Waals surface area contributed by atoms with Crippen molar-refractivity contribution in [2.45, 2.75) is 21.0 Å². The van der Waals surface area contributed by atoms with Gasteiger partial charge in [-0.1, -0.05) is 89.2 Å². The van der Waals surface area contributed by atoms with E-state index in [0.29, 0.717) is 5.56 Å². The van der Waals surface area contributed by atoms with Crippen molar-refractivity contribution in [3.63, 3.8) is 0 Å². The summed E-state index contributed by atoms with van der Waals surface area (Å²) in [5.74, 6) is 0. The molecular formula is C11H10Cl5. The van der Waals surface area contributed by atoms with Crippen LogP contribution in [0.25, 0.3) is 0 Å². The van der Waals surface area contributed by atoms with Crippen molar-refractivity contribution < 1.29 is 0 Å². The molecule has 0 nitrogen and oxygen atoms in total. The molecule has 89 valence electrons. The summed E-state index contributed by atoms with van der Waals surface area (Å²) in [6, 6.07) is 7.31. The summed E-state index contributed by atoms with van der Waals surface area (Å²) in [5.41, 5.74) is 1.70. The Kier molecular flexibility index (Phi) is 5.10. The molecule has 1 aromatic carbocycles. The zero-order valence-electron chi connectivity index (χ0n) is 8.32. The lowest BCUT2D eigenvalue weighted by atomic mass is 10.1. The van der Waals surface area contributed by atoms with E-state index in [9.17, 15) is 0 Å². The predicted molar refractivity (Wildman–Crippen MR) is 73.8 cm³/mol. The van der Waals surface area contributed by atoms with Crippen molar-refractivity contribution >= 4 is 58.0 Å². The first kappa shape index (κ1) is 14.7. The zero-order chi connectivity index (χ0) is 12.4. The van der Waals surface area contributed by atoms with E-state index in [1.54, 1.807) is 12.1 Å². The van der Waals surface area contributed by atoms with Gasteiger partial charge in [-0.05, 0) is 24.0 Å². The van der Waals surface area contributed by atoms with E-state index in [1.165, 1.54) is 0 Å². The molecule has 1 radical (unpaired) electrons. The van der Waals surface area contributed by atoms with Crippen LogP contribution in [0.2, 0.25) is 0 Å². The quantitative estimate of drug-likeness (QED) is 0.650. The van der Waals surface area contributed by atoms with E-state index >= 15 is 0 Å². The second-order valence-corrected chi connectivity index (χ2v) is 6.98. The molecular weight excluding hydrogens is 309 g/mol. The van der Waals surface area contributed by atoms with Gasteiger partial charge < -0.3 is 0 Å². The van der Waals surface area contributed by atoms with Gasteiger partial charge in [0.2, 0.25) is 3.79 Å². The van der Waals surface area contributed by atoms with Crippen molar-refractivity contribution in [1.82, 2.24) is 0 Å². The molecule has 5 heteroatoms. The van der Waals surface area contributed by atoms with Crippen LogP contribution in [0.5, 0.6) is 0 Å². The number of hydrogen-bond donors (Lipinski definition) is 0. The summed E-state index contributed by atoms with van der Waals surface area (Å²) in [5, 5.41) is 0. The first-order valence-electron chi connectivity index (χ1n) is 4.62. The maximum atomic E-state index is 6.02. The Morgan fingerprint density at radius 1 is 0.938 bits per heavy atom. The van der Waals surface area contributed by atoms with Crippen LogP contribution in [-0.2, 0) is 10.8 Å². The minimum absolute atomic E-state index is 0.559. The molecule has 0 amide bonds. The molecule has 0 atom stereocenters. The largest absolute Gasteiger partial charge is 0.227 e. The Hall–Kier alpha value is 0.670. The molecule has 0 aliphatic carbocycles. The standard InChI is InChI=1S/C11H10Cl5/c1-2-3-8-4-6-9(7-5-8)10(12,13)11(14,15)16/h4-7H,1-3H2. The summed E-state index contributed by atoms with van der Waals surface area (Å²) in [6.45, 7) is 3.78. The van der Waals surface area contributed by atoms with Crippen molar-refractivity contribution in [1.29, 1.82) is 0 Å². The lowest BCUT2D eigenvalue weighted by Crippen LogP contribution is -2.28. The topological polar surface area (TPSA) is 0 Å². The minimum Gasteiger partial charge on any atom is -0.0915 e. The van der Waals surface area contributed by atoms with Gasteiger partial charge >= 0.3 is 0 Å². The molecule has 1 rings (SSSR count). The summed E-state index contributed by atoms with van der Waals surface area (Å²) >= 11 is 29.2. The highest BCUT2D eigenvalue weighted by molar-refractivity contribution is 6.75. The SMILES string of the molecule is [CH2]CCc1ccc(C(Cl)(Cl)C(Cl)(Cl)Cl)cc1. The van der Waals surface area contributed by atoms with Gasteiger partial charge in [0.25, 0.3) is 0 Å². The average Bonchev–Trinajstić information content (AvgIpc) is 2.17. The fraction of sp³-hybridized carbons (Fsp3) is 0.364. The van der Waals surface area contributed by atoms with Gasteiger partial charge in [-0.3, -0.25) is 0 Å². The molecule has 0 aliphatic heterocycles. The maximum Gasteiger partial charge on any atom is 0.227 e. The molecule has 0 fully saturated rings. The molecule has 0 aromatic heterocycles. The van der Waals surface area contributed by atoms with Crippen molar-refractivity contribution in [3.8, 4) is 0 Å². The van der Waals surface area contributed by atoms with Gasteiger partial charge in [-0.15, -0.1) is 0 Å². The number of halogens is 5. The molecule has 0 saturated heterocycles. The number of hydrogen-bond acceptors (Lipinski definition) is 0. The smallest absolute Gasteiger partial charge is 0.0915 e. The number of rotatable bonds is 3. The highest BCUT2D eigenvalue weighted by Gasteiger charge is 2.47. The third-order valence-electron chi connectivity index (χ3n) is 2.14. The van der Waals surface area contributed by atoms with Crippen molar-refractivity contribution in [2.24, 2.45) is 0 Å². The van der Waals surface area contributed by atoms with E-state index in [2.05, 4.69) is 6.92 Å². The van der Waals surface area contributed by atoms with Crippen LogP contribution >= 0.6 is 58.0 Å². The Morgan fingerprint density at radius 2 is 1.44 bits per heavy atom. The summed E-state index contributed by atoms with van der Waals surface area (Å²) < 4.78 is -3.33. The molecule has 0 heterocycles. The maximum absolute atomic E-state index is 6.02. The summed E-state index contributed by atoms with van der Waals surface area (Å²) in [6.07, 6.45) is 1.72. The van der Waals surface area contributed by atoms with E-state index < -0.39 is 8.13 Å². The molecule has 1 aromatic rings. The lowest BCUT2D eigenvalue weighted by molar-refractivity contribution is 0.874. The fourth-order valence-electron chi connectivity index (χ4n) is 1.25. The highest BCUT2D eigenvalue weighted by Crippen LogP contribution is 2.52. The first-order valence-corrected chi connectivity index (χ1v) is 6.51. The second-order valence-electron chi connectivity index (χ2n) is 3.37. The van der Waals surface area contributed by atoms with Gasteiger partial charge in [-0.2, -0.15) is 0 Å². The van der Waals surface area contributed by atoms with Gasteiger partial charge in [0.15, 0.2) is 4.33 Å². The van der Waals surface area contributed by atoms with E-state index in [1.807, 2.05) is 12.1 Å². The third-order valence-corrected chi connectivity index (χ3v) is 4.57. The average molecular weight is 319 g/mol. The summed E-state index contributed by atoms with van der Waals surface area (Å²) in [7, 11) is 0. The summed E-state index contributed by atoms with van der Waals surface area (Å²) in [4.78, 5) is 0. The Bertz CT molecular complexity index is 336. The van der Waals surface area contributed by atoms with Crippen molar-refractivity contribution in [2.75, 3.05) is 0 Å². The molecule has 0 spiro atoms. The van der Waals surface area contributed by atoms with Crippen LogP contribution in [0.1, 0.15) is 17.5 Å². The van der Waals surface area contributed by atoms with Crippen LogP contribution in [-0.4, -0.2) is 3.79 Å². The Morgan fingerprint density at radius 3 is 1.81 bits per heavy atom. The minimum atomic E-state index is -1.77. The van der Waals surface area contributed by atoms with E-state index in [4.69, 9.17) is 58.0 Å². The van der Waals surface area contributed by atoms with Gasteiger partial charge in [0.1, 0.15) is 0 Å². The van der Waals surface area contributed by atoms with E-state index in [0.717, 1.165) is 18.4 Å². The predicted octanol–water partition coefficient (Wildman–Crippen LogP) is 5.45. The lowest BCUT2D eigenvalue weighted by Gasteiger charge is -2.27. The van der Waals surface area contributed by atoms with Crippen LogP contribution < -0.4 is 0 Å². The number of aryl methyl sites for hydroxylation is 1. The fourth-order valence-corrected chi connectivity index (χ4v) is 1.83. The Labute approximate surface area is 121 Å². The van der Waals surface area contributed by atoms with Gasteiger partial charge in [0, 0.05) is 0 Å².